The Balaban J connectivity index is 2.78. The Bertz CT molecular complexity index is 441. The Kier molecular flexibility index (Phi) is 4.94. The van der Waals surface area contributed by atoms with Crippen molar-refractivity contribution in [2.75, 3.05) is 12.9 Å². The third-order valence-electron chi connectivity index (χ3n) is 1.93. The predicted octanol–water partition coefficient (Wildman–Crippen LogP) is 2.63. The first-order chi connectivity index (χ1) is 7.63. The first-order valence-corrected chi connectivity index (χ1v) is 5.89. The van der Waals surface area contributed by atoms with Gasteiger partial charge in [0.25, 0.3) is 0 Å². The largest absolute Gasteiger partial charge is 0.495 e. The third-order valence-corrected chi connectivity index (χ3v) is 2.62. The summed E-state index contributed by atoms with van der Waals surface area (Å²) in [6, 6.07) is 5.86. The average molecular weight is 234 g/mol. The number of aryl methyl sites for hydroxylation is 1. The van der Waals surface area contributed by atoms with Gasteiger partial charge in [0.05, 0.1) is 18.4 Å². The molecular weight excluding hydrogens is 220 g/mol. The number of rotatable bonds is 2. The standard InChI is InChI=1S/C13H14O2S/c1-10-6-7-13(15-3)12(9-10)5-4-8-16-11(2)14/h6-7,9H,8H2,1-3H3. The number of hydrogen-bond donors (Lipinski definition) is 0. The van der Waals surface area contributed by atoms with Gasteiger partial charge >= 0.3 is 0 Å². The molecule has 0 amide bonds. The molecule has 0 aliphatic carbocycles. The fourth-order valence-corrected chi connectivity index (χ4v) is 1.54. The van der Waals surface area contributed by atoms with Gasteiger partial charge in [-0.1, -0.05) is 29.7 Å². The van der Waals surface area contributed by atoms with E-state index in [-0.39, 0.29) is 5.12 Å². The van der Waals surface area contributed by atoms with Crippen LogP contribution in [0, 0.1) is 18.8 Å². The number of carbonyl (C=O) groups excluding carboxylic acids is 1. The zero-order valence-corrected chi connectivity index (χ0v) is 10.5. The molecule has 2 nitrogen and oxygen atoms in total. The van der Waals surface area contributed by atoms with Crippen LogP contribution in [0.4, 0.5) is 0 Å². The summed E-state index contributed by atoms with van der Waals surface area (Å²) in [5.74, 6) is 7.25. The zero-order chi connectivity index (χ0) is 12.0. The first kappa shape index (κ1) is 12.7. The number of methoxy groups -OCH3 is 1. The van der Waals surface area contributed by atoms with E-state index in [4.69, 9.17) is 4.74 Å². The molecule has 0 radical (unpaired) electrons. The van der Waals surface area contributed by atoms with Crippen LogP contribution in [0.5, 0.6) is 5.75 Å². The second kappa shape index (κ2) is 6.24. The van der Waals surface area contributed by atoms with E-state index in [2.05, 4.69) is 11.8 Å². The van der Waals surface area contributed by atoms with E-state index < -0.39 is 0 Å². The molecule has 0 N–H and O–H groups in total. The molecule has 0 spiro atoms. The fourth-order valence-electron chi connectivity index (χ4n) is 1.19. The summed E-state index contributed by atoms with van der Waals surface area (Å²) in [7, 11) is 1.63. The third kappa shape index (κ3) is 4.00. The molecule has 1 aromatic rings. The molecule has 0 aromatic heterocycles. The van der Waals surface area contributed by atoms with Gasteiger partial charge in [-0.3, -0.25) is 4.79 Å². The van der Waals surface area contributed by atoms with E-state index in [1.807, 2.05) is 25.1 Å². The van der Waals surface area contributed by atoms with E-state index in [1.54, 1.807) is 14.0 Å². The van der Waals surface area contributed by atoms with Gasteiger partial charge in [-0.05, 0) is 24.6 Å². The van der Waals surface area contributed by atoms with Crippen LogP contribution in [0.25, 0.3) is 0 Å². The Labute approximate surface area is 100 Å². The van der Waals surface area contributed by atoms with Crippen molar-refractivity contribution in [1.82, 2.24) is 0 Å². The predicted molar refractivity (Wildman–Crippen MR) is 67.7 cm³/mol. The van der Waals surface area contributed by atoms with Crippen molar-refractivity contribution in [1.29, 1.82) is 0 Å². The molecule has 3 heteroatoms. The molecule has 0 fully saturated rings. The second-order valence-electron chi connectivity index (χ2n) is 3.29. The fraction of sp³-hybridized carbons (Fsp3) is 0.308. The first-order valence-electron chi connectivity index (χ1n) is 4.90. The van der Waals surface area contributed by atoms with E-state index in [0.717, 1.165) is 16.9 Å². The molecule has 1 rings (SSSR count). The molecule has 0 aliphatic rings. The van der Waals surface area contributed by atoms with Gasteiger partial charge < -0.3 is 4.74 Å². The SMILES string of the molecule is COc1ccc(C)cc1C#CCSC(C)=O. The van der Waals surface area contributed by atoms with Gasteiger partial charge in [0.15, 0.2) is 5.12 Å². The molecule has 1 aromatic carbocycles. The van der Waals surface area contributed by atoms with Crippen molar-refractivity contribution in [2.45, 2.75) is 13.8 Å². The molecule has 0 bridgehead atoms. The smallest absolute Gasteiger partial charge is 0.186 e. The molecular formula is C13H14O2S. The summed E-state index contributed by atoms with van der Waals surface area (Å²) < 4.78 is 5.20. The van der Waals surface area contributed by atoms with Gasteiger partial charge in [0.1, 0.15) is 5.75 Å². The lowest BCUT2D eigenvalue weighted by molar-refractivity contribution is -0.109. The molecule has 0 unspecified atom stereocenters. The maximum Gasteiger partial charge on any atom is 0.186 e. The Morgan fingerprint density at radius 3 is 2.88 bits per heavy atom. The molecule has 84 valence electrons. The van der Waals surface area contributed by atoms with E-state index >= 15 is 0 Å². The van der Waals surface area contributed by atoms with Crippen LogP contribution in [0.2, 0.25) is 0 Å². The van der Waals surface area contributed by atoms with Crippen molar-refractivity contribution in [2.24, 2.45) is 0 Å². The highest BCUT2D eigenvalue weighted by Crippen LogP contribution is 2.18. The van der Waals surface area contributed by atoms with E-state index in [0.29, 0.717) is 5.75 Å². The average Bonchev–Trinajstić information content (AvgIpc) is 2.24. The lowest BCUT2D eigenvalue weighted by Gasteiger charge is -2.03. The number of carbonyl (C=O) groups is 1. The number of thioether (sulfide) groups is 1. The second-order valence-corrected chi connectivity index (χ2v) is 4.44. The van der Waals surface area contributed by atoms with Crippen molar-refractivity contribution in [3.63, 3.8) is 0 Å². The Morgan fingerprint density at radius 1 is 1.50 bits per heavy atom. The van der Waals surface area contributed by atoms with Crippen LogP contribution in [0.15, 0.2) is 18.2 Å². The molecule has 0 saturated heterocycles. The summed E-state index contributed by atoms with van der Waals surface area (Å²) in [6.07, 6.45) is 0. The van der Waals surface area contributed by atoms with Crippen LogP contribution in [-0.2, 0) is 4.79 Å². The Hall–Kier alpha value is -1.40. The summed E-state index contributed by atoms with van der Waals surface area (Å²) in [6.45, 7) is 3.55. The number of benzene rings is 1. The molecule has 0 atom stereocenters. The van der Waals surface area contributed by atoms with Crippen LogP contribution in [0.3, 0.4) is 0 Å². The maximum absolute atomic E-state index is 10.7. The normalized spacial score (nSPS) is 9.19. The monoisotopic (exact) mass is 234 g/mol. The zero-order valence-electron chi connectivity index (χ0n) is 9.66. The van der Waals surface area contributed by atoms with E-state index in [1.165, 1.54) is 11.8 Å². The van der Waals surface area contributed by atoms with Gasteiger partial charge in [0.2, 0.25) is 0 Å². The highest BCUT2D eigenvalue weighted by atomic mass is 32.2. The topological polar surface area (TPSA) is 26.3 Å². The highest BCUT2D eigenvalue weighted by Gasteiger charge is 1.99. The molecule has 0 heterocycles. The number of ether oxygens (including phenoxy) is 1. The van der Waals surface area contributed by atoms with Crippen LogP contribution in [0.1, 0.15) is 18.1 Å². The summed E-state index contributed by atoms with van der Waals surface area (Å²) in [4.78, 5) is 10.7. The molecule has 16 heavy (non-hydrogen) atoms. The highest BCUT2D eigenvalue weighted by molar-refractivity contribution is 8.13. The van der Waals surface area contributed by atoms with E-state index in [9.17, 15) is 4.79 Å². The van der Waals surface area contributed by atoms with Crippen molar-refractivity contribution in [3.8, 4) is 17.6 Å². The minimum atomic E-state index is 0.0884. The van der Waals surface area contributed by atoms with Gasteiger partial charge in [0, 0.05) is 6.92 Å². The lowest BCUT2D eigenvalue weighted by atomic mass is 10.1. The van der Waals surface area contributed by atoms with Gasteiger partial charge in [-0.2, -0.15) is 0 Å². The minimum Gasteiger partial charge on any atom is -0.495 e. The molecule has 0 saturated carbocycles. The van der Waals surface area contributed by atoms with Crippen molar-refractivity contribution in [3.05, 3.63) is 29.3 Å². The Morgan fingerprint density at radius 2 is 2.25 bits per heavy atom. The van der Waals surface area contributed by atoms with Crippen LogP contribution >= 0.6 is 11.8 Å². The summed E-state index contributed by atoms with van der Waals surface area (Å²) in [5.41, 5.74) is 2.01. The minimum absolute atomic E-state index is 0.0884. The lowest BCUT2D eigenvalue weighted by Crippen LogP contribution is -1.89. The van der Waals surface area contributed by atoms with Crippen molar-refractivity contribution < 1.29 is 9.53 Å². The van der Waals surface area contributed by atoms with Crippen LogP contribution in [-0.4, -0.2) is 18.0 Å². The van der Waals surface area contributed by atoms with Gasteiger partial charge in [-0.15, -0.1) is 0 Å². The summed E-state index contributed by atoms with van der Waals surface area (Å²) in [5, 5.41) is 0.0884. The van der Waals surface area contributed by atoms with Crippen LogP contribution < -0.4 is 4.74 Å². The quantitative estimate of drug-likeness (QED) is 0.736. The molecule has 0 aliphatic heterocycles. The summed E-state index contributed by atoms with van der Waals surface area (Å²) >= 11 is 1.21. The van der Waals surface area contributed by atoms with Gasteiger partial charge in [-0.25, -0.2) is 0 Å². The van der Waals surface area contributed by atoms with Crippen molar-refractivity contribution >= 4 is 16.9 Å². The number of hydrogen-bond acceptors (Lipinski definition) is 3. The maximum atomic E-state index is 10.7.